The van der Waals surface area contributed by atoms with Crippen LogP contribution in [0.15, 0.2) is 76.1 Å². The Balaban J connectivity index is 1.64. The smallest absolute Gasteiger partial charge is 0.337 e. The summed E-state index contributed by atoms with van der Waals surface area (Å²) in [7, 11) is 0. The highest BCUT2D eigenvalue weighted by molar-refractivity contribution is 5.94. The van der Waals surface area contributed by atoms with Crippen LogP contribution in [0.25, 0.3) is 33.2 Å². The first-order chi connectivity index (χ1) is 15.9. The summed E-state index contributed by atoms with van der Waals surface area (Å²) in [5.74, 6) is -0.554. The highest BCUT2D eigenvalue weighted by atomic mass is 16.4. The average Bonchev–Trinajstić information content (AvgIpc) is 3.27. The molecule has 0 spiro atoms. The maximum Gasteiger partial charge on any atom is 0.337 e. The molecule has 0 radical (unpaired) electrons. The third kappa shape index (κ3) is 3.74. The highest BCUT2D eigenvalue weighted by Crippen LogP contribution is 2.32. The molecule has 2 aromatic heterocycles. The molecule has 0 bridgehead atoms. The fourth-order valence-electron chi connectivity index (χ4n) is 4.10. The van der Waals surface area contributed by atoms with Gasteiger partial charge in [-0.05, 0) is 55.8 Å². The second-order valence-electron chi connectivity index (χ2n) is 8.09. The normalized spacial score (nSPS) is 12.2. The van der Waals surface area contributed by atoms with Crippen LogP contribution in [0.1, 0.15) is 34.5 Å². The molecule has 7 heteroatoms. The van der Waals surface area contributed by atoms with Crippen LogP contribution < -0.4 is 10.7 Å². The molecule has 1 atom stereocenters. The Morgan fingerprint density at radius 1 is 1.12 bits per heavy atom. The molecule has 3 aromatic carbocycles. The zero-order chi connectivity index (χ0) is 23.1. The SMILES string of the molecule is Cc1cc(C(C)Nc2ccccc2C(=O)O)c2oc(-c3ccc4[nH]ncc4c3)cc(=O)c2c1. The number of hydrogen-bond acceptors (Lipinski definition) is 5. The number of benzene rings is 3. The molecule has 1 unspecified atom stereocenters. The van der Waals surface area contributed by atoms with Gasteiger partial charge in [0.15, 0.2) is 5.43 Å². The van der Waals surface area contributed by atoms with Crippen LogP contribution in [0.3, 0.4) is 0 Å². The van der Waals surface area contributed by atoms with Crippen molar-refractivity contribution in [3.63, 3.8) is 0 Å². The van der Waals surface area contributed by atoms with Gasteiger partial charge in [0, 0.05) is 28.3 Å². The summed E-state index contributed by atoms with van der Waals surface area (Å²) < 4.78 is 6.29. The van der Waals surface area contributed by atoms with Crippen LogP contribution in [0.4, 0.5) is 5.69 Å². The number of para-hydroxylation sites is 1. The molecular weight excluding hydrogens is 418 g/mol. The van der Waals surface area contributed by atoms with Gasteiger partial charge in [0.2, 0.25) is 0 Å². The van der Waals surface area contributed by atoms with E-state index in [2.05, 4.69) is 15.5 Å². The van der Waals surface area contributed by atoms with Crippen molar-refractivity contribution in [2.24, 2.45) is 0 Å². The van der Waals surface area contributed by atoms with E-state index in [1.54, 1.807) is 30.5 Å². The predicted octanol–water partition coefficient (Wildman–Crippen LogP) is 5.52. The number of rotatable bonds is 5. The Kier molecular flexibility index (Phi) is 4.94. The number of carboxylic acids is 1. The molecule has 5 rings (SSSR count). The summed E-state index contributed by atoms with van der Waals surface area (Å²) in [6.45, 7) is 3.83. The summed E-state index contributed by atoms with van der Waals surface area (Å²) in [6.07, 6.45) is 1.72. The Morgan fingerprint density at radius 3 is 2.76 bits per heavy atom. The van der Waals surface area contributed by atoms with Crippen LogP contribution in [-0.2, 0) is 0 Å². The zero-order valence-electron chi connectivity index (χ0n) is 18.0. The van der Waals surface area contributed by atoms with Crippen molar-refractivity contribution in [2.45, 2.75) is 19.9 Å². The number of carboxylic acid groups (broad SMARTS) is 1. The number of nitrogens with one attached hydrogen (secondary N) is 2. The number of aromatic carboxylic acids is 1. The van der Waals surface area contributed by atoms with Gasteiger partial charge in [0.25, 0.3) is 0 Å². The van der Waals surface area contributed by atoms with Crippen molar-refractivity contribution >= 4 is 33.5 Å². The van der Waals surface area contributed by atoms with E-state index in [1.807, 2.05) is 44.2 Å². The molecule has 2 heterocycles. The lowest BCUT2D eigenvalue weighted by atomic mass is 10.00. The number of anilines is 1. The zero-order valence-corrected chi connectivity index (χ0v) is 18.0. The molecule has 33 heavy (non-hydrogen) atoms. The molecule has 0 fully saturated rings. The van der Waals surface area contributed by atoms with Gasteiger partial charge in [-0.25, -0.2) is 4.79 Å². The average molecular weight is 439 g/mol. The molecule has 0 saturated heterocycles. The second kappa shape index (κ2) is 7.94. The fraction of sp³-hybridized carbons (Fsp3) is 0.115. The van der Waals surface area contributed by atoms with E-state index >= 15 is 0 Å². The third-order valence-electron chi connectivity index (χ3n) is 5.72. The maximum atomic E-state index is 13.0. The van der Waals surface area contributed by atoms with E-state index in [0.29, 0.717) is 22.4 Å². The predicted molar refractivity (Wildman–Crippen MR) is 128 cm³/mol. The van der Waals surface area contributed by atoms with Crippen molar-refractivity contribution in [3.05, 3.63) is 93.8 Å². The fourth-order valence-corrected chi connectivity index (χ4v) is 4.10. The van der Waals surface area contributed by atoms with Gasteiger partial charge in [0.05, 0.1) is 28.7 Å². The number of H-pyrrole nitrogens is 1. The van der Waals surface area contributed by atoms with Crippen molar-refractivity contribution in [1.29, 1.82) is 0 Å². The lowest BCUT2D eigenvalue weighted by Crippen LogP contribution is -2.12. The number of aromatic nitrogens is 2. The van der Waals surface area contributed by atoms with Crippen LogP contribution in [0, 0.1) is 6.92 Å². The standard InChI is InChI=1S/C26H21N3O4/c1-14-9-19(15(2)28-22-6-4-3-5-18(22)26(31)32)25-20(10-14)23(30)12-24(33-25)16-7-8-21-17(11-16)13-27-29-21/h3-13,15,28H,1-2H3,(H,27,29)(H,31,32). The molecule has 7 nitrogen and oxygen atoms in total. The first kappa shape index (κ1) is 20.5. The molecule has 3 N–H and O–H groups in total. The van der Waals surface area contributed by atoms with Gasteiger partial charge in [-0.1, -0.05) is 18.2 Å². The first-order valence-electron chi connectivity index (χ1n) is 10.5. The van der Waals surface area contributed by atoms with Crippen LogP contribution in [0.2, 0.25) is 0 Å². The van der Waals surface area contributed by atoms with Gasteiger partial charge < -0.3 is 14.8 Å². The summed E-state index contributed by atoms with van der Waals surface area (Å²) in [5.41, 5.74) is 4.36. The van der Waals surface area contributed by atoms with Gasteiger partial charge in [-0.3, -0.25) is 9.89 Å². The number of nitrogens with zero attached hydrogens (tertiary/aromatic N) is 1. The lowest BCUT2D eigenvalue weighted by molar-refractivity contribution is 0.0698. The van der Waals surface area contributed by atoms with Gasteiger partial charge >= 0.3 is 5.97 Å². The van der Waals surface area contributed by atoms with Crippen molar-refractivity contribution in [1.82, 2.24) is 10.2 Å². The van der Waals surface area contributed by atoms with Gasteiger partial charge in [-0.15, -0.1) is 0 Å². The van der Waals surface area contributed by atoms with Crippen LogP contribution in [0.5, 0.6) is 0 Å². The van der Waals surface area contributed by atoms with E-state index in [4.69, 9.17) is 4.42 Å². The minimum atomic E-state index is -1.01. The van der Waals surface area contributed by atoms with E-state index in [0.717, 1.165) is 27.6 Å². The lowest BCUT2D eigenvalue weighted by Gasteiger charge is -2.19. The molecule has 5 aromatic rings. The number of hydrogen-bond donors (Lipinski definition) is 3. The molecular formula is C26H21N3O4. The number of aromatic amines is 1. The Labute approximate surface area is 188 Å². The molecule has 0 aliphatic rings. The summed E-state index contributed by atoms with van der Waals surface area (Å²) in [4.78, 5) is 24.7. The quantitative estimate of drug-likeness (QED) is 0.333. The minimum absolute atomic E-state index is 0.137. The Hall–Kier alpha value is -4.39. The van der Waals surface area contributed by atoms with Crippen LogP contribution in [-0.4, -0.2) is 21.3 Å². The first-order valence-corrected chi connectivity index (χ1v) is 10.5. The topological polar surface area (TPSA) is 108 Å². The highest BCUT2D eigenvalue weighted by Gasteiger charge is 2.18. The molecule has 0 amide bonds. The number of aryl methyl sites for hydroxylation is 1. The molecule has 164 valence electrons. The van der Waals surface area contributed by atoms with E-state index in [-0.39, 0.29) is 17.0 Å². The van der Waals surface area contributed by atoms with E-state index in [1.165, 1.54) is 6.07 Å². The molecule has 0 saturated carbocycles. The largest absolute Gasteiger partial charge is 0.478 e. The summed E-state index contributed by atoms with van der Waals surface area (Å²) in [5, 5.41) is 21.1. The number of fused-ring (bicyclic) bond motifs is 2. The molecule has 0 aliphatic heterocycles. The second-order valence-corrected chi connectivity index (χ2v) is 8.09. The number of carbonyl (C=O) groups is 1. The Bertz CT molecular complexity index is 1580. The maximum absolute atomic E-state index is 13.0. The Morgan fingerprint density at radius 2 is 1.94 bits per heavy atom. The summed E-state index contributed by atoms with van der Waals surface area (Å²) in [6, 6.07) is 17.4. The van der Waals surface area contributed by atoms with Crippen molar-refractivity contribution in [3.8, 4) is 11.3 Å². The third-order valence-corrected chi connectivity index (χ3v) is 5.72. The summed E-state index contributed by atoms with van der Waals surface area (Å²) >= 11 is 0. The van der Waals surface area contributed by atoms with E-state index < -0.39 is 5.97 Å². The van der Waals surface area contributed by atoms with Gasteiger partial charge in [-0.2, -0.15) is 5.10 Å². The molecule has 0 aliphatic carbocycles. The van der Waals surface area contributed by atoms with E-state index in [9.17, 15) is 14.7 Å². The van der Waals surface area contributed by atoms with Crippen molar-refractivity contribution in [2.75, 3.05) is 5.32 Å². The van der Waals surface area contributed by atoms with Crippen LogP contribution >= 0.6 is 0 Å². The van der Waals surface area contributed by atoms with Crippen molar-refractivity contribution < 1.29 is 14.3 Å². The monoisotopic (exact) mass is 439 g/mol. The minimum Gasteiger partial charge on any atom is -0.478 e. The van der Waals surface area contributed by atoms with Gasteiger partial charge in [0.1, 0.15) is 11.3 Å².